The molecule has 2 rings (SSSR count). The van der Waals surface area contributed by atoms with Crippen molar-refractivity contribution in [3.8, 4) is 0 Å². The van der Waals surface area contributed by atoms with Crippen LogP contribution in [-0.4, -0.2) is 32.5 Å². The average molecular weight is 334 g/mol. The molecule has 1 N–H and O–H groups in total. The van der Waals surface area contributed by atoms with E-state index in [9.17, 15) is 0 Å². The normalized spacial score (nSPS) is 22.1. The summed E-state index contributed by atoms with van der Waals surface area (Å²) in [5.74, 6) is 0. The third-order valence-electron chi connectivity index (χ3n) is 3.01. The summed E-state index contributed by atoms with van der Waals surface area (Å²) >= 11 is 5.41. The maximum absolute atomic E-state index is 5.84. The van der Waals surface area contributed by atoms with Gasteiger partial charge in [0.1, 0.15) is 6.10 Å². The number of halogens is 1. The van der Waals surface area contributed by atoms with E-state index in [1.54, 1.807) is 0 Å². The Labute approximate surface area is 121 Å². The zero-order valence-electron chi connectivity index (χ0n) is 10.9. The highest BCUT2D eigenvalue weighted by molar-refractivity contribution is 9.10. The standard InChI is InChI=1S/C13H20BrNO2S/c1-3-4-15-13(11-8-16-5-6-17-11)12-7-10(14)9(2)18-12/h7,11,13,15H,3-6,8H2,1-2H3. The van der Waals surface area contributed by atoms with Gasteiger partial charge < -0.3 is 14.8 Å². The SMILES string of the molecule is CCCNC(c1cc(Br)c(C)s1)C1COCCO1. The van der Waals surface area contributed by atoms with E-state index in [1.807, 2.05) is 11.3 Å². The lowest BCUT2D eigenvalue weighted by Crippen LogP contribution is -2.40. The van der Waals surface area contributed by atoms with Crippen molar-refractivity contribution in [1.29, 1.82) is 0 Å². The highest BCUT2D eigenvalue weighted by Crippen LogP contribution is 2.33. The molecule has 102 valence electrons. The molecular weight excluding hydrogens is 314 g/mol. The Kier molecular flexibility index (Phi) is 5.63. The van der Waals surface area contributed by atoms with Gasteiger partial charge in [-0.2, -0.15) is 0 Å². The number of ether oxygens (including phenoxy) is 2. The Bertz CT molecular complexity index is 358. The van der Waals surface area contributed by atoms with Gasteiger partial charge in [0.15, 0.2) is 0 Å². The summed E-state index contributed by atoms with van der Waals surface area (Å²) < 4.78 is 12.6. The number of nitrogens with one attached hydrogen (secondary N) is 1. The predicted molar refractivity (Wildman–Crippen MR) is 78.3 cm³/mol. The second kappa shape index (κ2) is 7.01. The molecule has 0 amide bonds. The van der Waals surface area contributed by atoms with Gasteiger partial charge in [-0.3, -0.25) is 0 Å². The van der Waals surface area contributed by atoms with E-state index in [0.717, 1.165) is 13.0 Å². The lowest BCUT2D eigenvalue weighted by atomic mass is 10.1. The summed E-state index contributed by atoms with van der Waals surface area (Å²) in [5.41, 5.74) is 0. The molecule has 2 atom stereocenters. The molecule has 1 saturated heterocycles. The summed E-state index contributed by atoms with van der Waals surface area (Å²) in [6.07, 6.45) is 1.24. The van der Waals surface area contributed by atoms with E-state index in [4.69, 9.17) is 9.47 Å². The van der Waals surface area contributed by atoms with E-state index < -0.39 is 0 Å². The molecule has 18 heavy (non-hydrogen) atoms. The molecule has 1 fully saturated rings. The second-order valence-electron chi connectivity index (χ2n) is 4.47. The van der Waals surface area contributed by atoms with Gasteiger partial charge in [0, 0.05) is 14.2 Å². The van der Waals surface area contributed by atoms with Gasteiger partial charge in [0.25, 0.3) is 0 Å². The van der Waals surface area contributed by atoms with Crippen LogP contribution in [0.25, 0.3) is 0 Å². The average Bonchev–Trinajstić information content (AvgIpc) is 2.71. The molecule has 3 nitrogen and oxygen atoms in total. The van der Waals surface area contributed by atoms with Crippen LogP contribution in [-0.2, 0) is 9.47 Å². The number of rotatable bonds is 5. The van der Waals surface area contributed by atoms with Crippen LogP contribution in [0, 0.1) is 6.92 Å². The summed E-state index contributed by atoms with van der Waals surface area (Å²) in [6.45, 7) is 7.39. The van der Waals surface area contributed by atoms with Crippen molar-refractivity contribution >= 4 is 27.3 Å². The van der Waals surface area contributed by atoms with Gasteiger partial charge in [0.05, 0.1) is 25.9 Å². The fourth-order valence-corrected chi connectivity index (χ4v) is 3.74. The zero-order chi connectivity index (χ0) is 13.0. The van der Waals surface area contributed by atoms with Crippen molar-refractivity contribution in [1.82, 2.24) is 5.32 Å². The lowest BCUT2D eigenvalue weighted by molar-refractivity contribution is -0.102. The predicted octanol–water partition coefficient (Wildman–Crippen LogP) is 3.28. The molecule has 0 aromatic carbocycles. The highest BCUT2D eigenvalue weighted by Gasteiger charge is 2.27. The van der Waals surface area contributed by atoms with Crippen molar-refractivity contribution in [2.24, 2.45) is 0 Å². The van der Waals surface area contributed by atoms with Crippen LogP contribution in [0.1, 0.15) is 29.1 Å². The third kappa shape index (κ3) is 3.54. The summed E-state index contributed by atoms with van der Waals surface area (Å²) in [6, 6.07) is 2.44. The minimum absolute atomic E-state index is 0.121. The molecule has 2 heterocycles. The fraction of sp³-hybridized carbons (Fsp3) is 0.692. The summed E-state index contributed by atoms with van der Waals surface area (Å²) in [5, 5.41) is 3.58. The quantitative estimate of drug-likeness (QED) is 0.896. The Morgan fingerprint density at radius 3 is 2.94 bits per heavy atom. The molecule has 1 aromatic heterocycles. The van der Waals surface area contributed by atoms with Gasteiger partial charge >= 0.3 is 0 Å². The zero-order valence-corrected chi connectivity index (χ0v) is 13.3. The van der Waals surface area contributed by atoms with Gasteiger partial charge in [-0.15, -0.1) is 11.3 Å². The van der Waals surface area contributed by atoms with Gasteiger partial charge in [-0.1, -0.05) is 6.92 Å². The monoisotopic (exact) mass is 333 g/mol. The number of hydrogen-bond acceptors (Lipinski definition) is 4. The smallest absolute Gasteiger partial charge is 0.101 e. The first-order valence-corrected chi connectivity index (χ1v) is 8.02. The Morgan fingerprint density at radius 2 is 2.39 bits per heavy atom. The molecule has 0 spiro atoms. The van der Waals surface area contributed by atoms with Crippen LogP contribution in [0.2, 0.25) is 0 Å². The Morgan fingerprint density at radius 1 is 1.56 bits per heavy atom. The van der Waals surface area contributed by atoms with E-state index in [2.05, 4.69) is 41.2 Å². The van der Waals surface area contributed by atoms with E-state index in [0.29, 0.717) is 19.8 Å². The summed E-state index contributed by atoms with van der Waals surface area (Å²) in [4.78, 5) is 2.63. The van der Waals surface area contributed by atoms with Crippen molar-refractivity contribution in [3.05, 3.63) is 20.3 Å². The number of thiophene rings is 1. The first kappa shape index (κ1) is 14.5. The molecule has 0 bridgehead atoms. The van der Waals surface area contributed by atoms with Crippen LogP contribution >= 0.6 is 27.3 Å². The van der Waals surface area contributed by atoms with Crippen molar-refractivity contribution in [2.45, 2.75) is 32.4 Å². The minimum atomic E-state index is 0.121. The van der Waals surface area contributed by atoms with Crippen molar-refractivity contribution < 1.29 is 9.47 Å². The first-order chi connectivity index (χ1) is 8.72. The van der Waals surface area contributed by atoms with Crippen molar-refractivity contribution in [3.63, 3.8) is 0 Å². The fourth-order valence-electron chi connectivity index (χ4n) is 2.05. The first-order valence-electron chi connectivity index (χ1n) is 6.41. The molecule has 0 radical (unpaired) electrons. The van der Waals surface area contributed by atoms with Gasteiger partial charge in [0.2, 0.25) is 0 Å². The van der Waals surface area contributed by atoms with Crippen molar-refractivity contribution in [2.75, 3.05) is 26.4 Å². The number of aryl methyl sites for hydroxylation is 1. The molecule has 5 heteroatoms. The van der Waals surface area contributed by atoms with E-state index in [-0.39, 0.29) is 12.1 Å². The largest absolute Gasteiger partial charge is 0.376 e. The number of hydrogen-bond donors (Lipinski definition) is 1. The molecule has 0 saturated carbocycles. The topological polar surface area (TPSA) is 30.5 Å². The molecule has 1 aliphatic rings. The van der Waals surface area contributed by atoms with E-state index >= 15 is 0 Å². The molecule has 2 unspecified atom stereocenters. The third-order valence-corrected chi connectivity index (χ3v) is 5.23. The molecule has 1 aliphatic heterocycles. The summed E-state index contributed by atoms with van der Waals surface area (Å²) in [7, 11) is 0. The van der Waals surface area contributed by atoms with Crippen LogP contribution < -0.4 is 5.32 Å². The lowest BCUT2D eigenvalue weighted by Gasteiger charge is -2.30. The maximum Gasteiger partial charge on any atom is 0.101 e. The van der Waals surface area contributed by atoms with Crippen LogP contribution in [0.4, 0.5) is 0 Å². The second-order valence-corrected chi connectivity index (χ2v) is 6.61. The van der Waals surface area contributed by atoms with Crippen LogP contribution in [0.5, 0.6) is 0 Å². The minimum Gasteiger partial charge on any atom is -0.376 e. The van der Waals surface area contributed by atoms with Crippen LogP contribution in [0.15, 0.2) is 10.5 Å². The molecular formula is C13H20BrNO2S. The Hall–Kier alpha value is 0.0600. The van der Waals surface area contributed by atoms with Gasteiger partial charge in [-0.25, -0.2) is 0 Å². The maximum atomic E-state index is 5.84. The van der Waals surface area contributed by atoms with Crippen LogP contribution in [0.3, 0.4) is 0 Å². The molecule has 1 aromatic rings. The molecule has 0 aliphatic carbocycles. The van der Waals surface area contributed by atoms with Gasteiger partial charge in [-0.05, 0) is 41.9 Å². The highest BCUT2D eigenvalue weighted by atomic mass is 79.9. The Balaban J connectivity index is 2.12. The van der Waals surface area contributed by atoms with E-state index in [1.165, 1.54) is 14.2 Å².